The van der Waals surface area contributed by atoms with Gasteiger partial charge in [0.25, 0.3) is 0 Å². The molecule has 0 saturated carbocycles. The number of nitrogens with zero attached hydrogens (tertiary/aromatic N) is 3. The van der Waals surface area contributed by atoms with Crippen LogP contribution in [0, 0.1) is 11.5 Å². The molecule has 0 bridgehead atoms. The molecule has 6 heteroatoms. The number of likely N-dealkylation sites (N-methyl/N-ethyl adjacent to an activating group) is 2. The highest BCUT2D eigenvalue weighted by atomic mass is 32.2. The van der Waals surface area contributed by atoms with Crippen molar-refractivity contribution in [2.24, 2.45) is 4.99 Å². The van der Waals surface area contributed by atoms with E-state index in [1.807, 2.05) is 0 Å². The minimum Gasteiger partial charge on any atom is -0.358 e. The number of amides is 1. The third-order valence-corrected chi connectivity index (χ3v) is 2.08. The Kier molecular flexibility index (Phi) is 5.72. The third kappa shape index (κ3) is 4.38. The molecule has 0 aliphatic rings. The highest BCUT2D eigenvalue weighted by Gasteiger charge is 2.08. The Morgan fingerprint density at radius 3 is 2.77 bits per heavy atom. The number of carbonyl (C=O) groups excluding carboxylic acids is 1. The van der Waals surface area contributed by atoms with Crippen LogP contribution in [0.15, 0.2) is 4.99 Å². The number of hydrogen-bond donors (Lipinski definition) is 1. The van der Waals surface area contributed by atoms with Crippen molar-refractivity contribution >= 4 is 22.8 Å². The first-order valence-electron chi connectivity index (χ1n) is 3.58. The molecule has 0 fully saturated rings. The van der Waals surface area contributed by atoms with Gasteiger partial charge in [-0.2, -0.15) is 5.26 Å². The highest BCUT2D eigenvalue weighted by molar-refractivity contribution is 8.13. The van der Waals surface area contributed by atoms with E-state index < -0.39 is 0 Å². The van der Waals surface area contributed by atoms with Crippen LogP contribution in [0.2, 0.25) is 0 Å². The predicted octanol–water partition coefficient (Wildman–Crippen LogP) is -0.136. The molecule has 0 aromatic heterocycles. The van der Waals surface area contributed by atoms with Crippen molar-refractivity contribution < 1.29 is 4.79 Å². The van der Waals surface area contributed by atoms with E-state index in [4.69, 9.17) is 5.26 Å². The Balaban J connectivity index is 4.24. The minimum absolute atomic E-state index is 0.109. The first-order chi connectivity index (χ1) is 6.15. The molecule has 0 aliphatic heterocycles. The first kappa shape index (κ1) is 11.8. The summed E-state index contributed by atoms with van der Waals surface area (Å²) in [4.78, 5) is 16.1. The lowest BCUT2D eigenvalue weighted by Gasteiger charge is -2.16. The molecule has 0 heterocycles. The van der Waals surface area contributed by atoms with Gasteiger partial charge in [0.05, 0.1) is 6.54 Å². The zero-order valence-electron chi connectivity index (χ0n) is 7.87. The van der Waals surface area contributed by atoms with Gasteiger partial charge < -0.3 is 10.2 Å². The molecular weight excluding hydrogens is 188 g/mol. The lowest BCUT2D eigenvalue weighted by molar-refractivity contribution is -0.120. The van der Waals surface area contributed by atoms with E-state index in [1.54, 1.807) is 31.4 Å². The molecule has 0 aromatic rings. The van der Waals surface area contributed by atoms with Crippen molar-refractivity contribution in [1.82, 2.24) is 10.2 Å². The maximum Gasteiger partial charge on any atom is 0.239 e. The summed E-state index contributed by atoms with van der Waals surface area (Å²) in [5.41, 5.74) is 0. The number of aliphatic imine (C=N–C) groups is 1. The molecule has 0 radical (unpaired) electrons. The number of nitrogens with one attached hydrogen (secondary N) is 1. The summed E-state index contributed by atoms with van der Waals surface area (Å²) in [6, 6.07) is 0. The summed E-state index contributed by atoms with van der Waals surface area (Å²) >= 11 is 1.33. The quantitative estimate of drug-likeness (QED) is 0.383. The molecule has 1 amide bonds. The summed E-state index contributed by atoms with van der Waals surface area (Å²) in [6.45, 7) is 0.206. The Bertz CT molecular complexity index is 245. The van der Waals surface area contributed by atoms with E-state index in [9.17, 15) is 4.79 Å². The summed E-state index contributed by atoms with van der Waals surface area (Å²) in [6.07, 6.45) is 3.49. The molecule has 0 aromatic carbocycles. The molecule has 0 atom stereocenters. The Hall–Kier alpha value is -1.22. The first-order valence-corrected chi connectivity index (χ1v) is 4.80. The fourth-order valence-electron chi connectivity index (χ4n) is 0.692. The molecule has 13 heavy (non-hydrogen) atoms. The van der Waals surface area contributed by atoms with Gasteiger partial charge in [-0.05, 0) is 6.26 Å². The molecule has 0 unspecified atom stereocenters. The highest BCUT2D eigenvalue weighted by Crippen LogP contribution is 2.02. The Morgan fingerprint density at radius 1 is 1.77 bits per heavy atom. The zero-order chi connectivity index (χ0) is 10.3. The summed E-state index contributed by atoms with van der Waals surface area (Å²) in [5.74, 6) is -0.109. The van der Waals surface area contributed by atoms with Crippen molar-refractivity contribution in [3.8, 4) is 6.19 Å². The van der Waals surface area contributed by atoms with Gasteiger partial charge in [0.2, 0.25) is 12.1 Å². The fraction of sp³-hybridized carbons (Fsp3) is 0.571. The molecule has 0 saturated heterocycles. The summed E-state index contributed by atoms with van der Waals surface area (Å²) in [5, 5.41) is 11.4. The van der Waals surface area contributed by atoms with Gasteiger partial charge in [0.1, 0.15) is 0 Å². The van der Waals surface area contributed by atoms with Gasteiger partial charge in [-0.1, -0.05) is 11.8 Å². The van der Waals surface area contributed by atoms with Gasteiger partial charge in [-0.3, -0.25) is 4.79 Å². The van der Waals surface area contributed by atoms with Gasteiger partial charge in [0.15, 0.2) is 5.17 Å². The maximum absolute atomic E-state index is 10.9. The molecule has 1 N–H and O–H groups in total. The number of nitriles is 1. The smallest absolute Gasteiger partial charge is 0.239 e. The van der Waals surface area contributed by atoms with Crippen LogP contribution >= 0.6 is 11.8 Å². The normalized spacial score (nSPS) is 10.5. The Morgan fingerprint density at radius 2 is 2.38 bits per heavy atom. The number of rotatable bonds is 2. The number of amidine groups is 1. The maximum atomic E-state index is 10.9. The van der Waals surface area contributed by atoms with Crippen molar-refractivity contribution in [3.05, 3.63) is 0 Å². The van der Waals surface area contributed by atoms with E-state index in [0.717, 1.165) is 0 Å². The lowest BCUT2D eigenvalue weighted by atomic mass is 10.5. The van der Waals surface area contributed by atoms with Crippen LogP contribution in [0.3, 0.4) is 0 Å². The fourth-order valence-corrected chi connectivity index (χ4v) is 1.20. The van der Waals surface area contributed by atoms with Crippen LogP contribution in [0.5, 0.6) is 0 Å². The minimum atomic E-state index is -0.109. The van der Waals surface area contributed by atoms with Crippen molar-refractivity contribution in [3.63, 3.8) is 0 Å². The molecular formula is C7H12N4OS. The number of hydrogen-bond acceptors (Lipinski definition) is 4. The van der Waals surface area contributed by atoms with E-state index in [2.05, 4.69) is 10.3 Å². The van der Waals surface area contributed by atoms with E-state index in [-0.39, 0.29) is 12.5 Å². The van der Waals surface area contributed by atoms with Crippen molar-refractivity contribution in [2.75, 3.05) is 26.9 Å². The largest absolute Gasteiger partial charge is 0.358 e. The van der Waals surface area contributed by atoms with Crippen molar-refractivity contribution in [1.29, 1.82) is 5.26 Å². The van der Waals surface area contributed by atoms with Gasteiger partial charge in [-0.25, -0.2) is 0 Å². The summed E-state index contributed by atoms with van der Waals surface area (Å²) in [7, 11) is 3.28. The second kappa shape index (κ2) is 6.31. The van der Waals surface area contributed by atoms with E-state index >= 15 is 0 Å². The number of thioether (sulfide) groups is 1. The molecule has 0 rings (SSSR count). The predicted molar refractivity (Wildman–Crippen MR) is 53.3 cm³/mol. The van der Waals surface area contributed by atoms with Gasteiger partial charge in [-0.15, -0.1) is 4.99 Å². The van der Waals surface area contributed by atoms with Crippen LogP contribution < -0.4 is 5.32 Å². The van der Waals surface area contributed by atoms with Crippen LogP contribution in [-0.4, -0.2) is 42.9 Å². The average molecular weight is 200 g/mol. The second-order valence-corrected chi connectivity index (χ2v) is 3.00. The van der Waals surface area contributed by atoms with Crippen molar-refractivity contribution in [2.45, 2.75) is 0 Å². The SMILES string of the molecule is CNC(=O)CN(C)C(=NC#N)SC. The monoisotopic (exact) mass is 200 g/mol. The lowest BCUT2D eigenvalue weighted by Crippen LogP contribution is -2.35. The van der Waals surface area contributed by atoms with E-state index in [0.29, 0.717) is 5.17 Å². The van der Waals surface area contributed by atoms with Crippen LogP contribution in [-0.2, 0) is 4.79 Å². The average Bonchev–Trinajstić information content (AvgIpc) is 2.13. The number of carbonyl (C=O) groups is 1. The topological polar surface area (TPSA) is 68.5 Å². The molecule has 72 valence electrons. The van der Waals surface area contributed by atoms with Gasteiger partial charge >= 0.3 is 0 Å². The third-order valence-electron chi connectivity index (χ3n) is 1.31. The zero-order valence-corrected chi connectivity index (χ0v) is 8.68. The van der Waals surface area contributed by atoms with E-state index in [1.165, 1.54) is 11.8 Å². The van der Waals surface area contributed by atoms with Crippen LogP contribution in [0.1, 0.15) is 0 Å². The molecule has 0 aliphatic carbocycles. The summed E-state index contributed by atoms with van der Waals surface area (Å²) < 4.78 is 0. The van der Waals surface area contributed by atoms with Gasteiger partial charge in [0, 0.05) is 14.1 Å². The second-order valence-electron chi connectivity index (χ2n) is 2.23. The van der Waals surface area contributed by atoms with Crippen LogP contribution in [0.25, 0.3) is 0 Å². The standard InChI is InChI=1S/C7H12N4OS/c1-9-6(12)4-11(2)7(13-3)10-5-8/h4H2,1-3H3,(H,9,12). The molecule has 0 spiro atoms. The Labute approximate surface area is 81.8 Å². The molecule has 5 nitrogen and oxygen atoms in total. The van der Waals surface area contributed by atoms with Crippen LogP contribution in [0.4, 0.5) is 0 Å².